The average Bonchev–Trinajstić information content (AvgIpc) is 2.77. The summed E-state index contributed by atoms with van der Waals surface area (Å²) in [7, 11) is 0. The number of nitrogens with zero attached hydrogens (tertiary/aromatic N) is 1. The van der Waals surface area contributed by atoms with Crippen LogP contribution in [0, 0.1) is 5.41 Å². The van der Waals surface area contributed by atoms with Crippen LogP contribution in [-0.4, -0.2) is 0 Å². The second kappa shape index (κ2) is 11.0. The lowest BCUT2D eigenvalue weighted by Crippen LogP contribution is -2.29. The van der Waals surface area contributed by atoms with Gasteiger partial charge >= 0.3 is 0 Å². The summed E-state index contributed by atoms with van der Waals surface area (Å²) in [6.07, 6.45) is 15.8. The molecule has 31 heavy (non-hydrogen) atoms. The second-order valence-corrected chi connectivity index (χ2v) is 8.06. The van der Waals surface area contributed by atoms with Gasteiger partial charge in [0.2, 0.25) is 0 Å². The first-order valence-electron chi connectivity index (χ1n) is 10.5. The van der Waals surface area contributed by atoms with Gasteiger partial charge < -0.3 is 5.43 Å². The molecule has 0 heterocycles. The van der Waals surface area contributed by atoms with Crippen LogP contribution < -0.4 is 10.4 Å². The van der Waals surface area contributed by atoms with Crippen LogP contribution in [0.15, 0.2) is 128 Å². The molecule has 1 N–H and O–H groups in total. The van der Waals surface area contributed by atoms with Crippen LogP contribution in [0.5, 0.6) is 0 Å². The summed E-state index contributed by atoms with van der Waals surface area (Å²) in [5, 5.41) is 4.42. The zero-order chi connectivity index (χ0) is 22.9. The zero-order valence-corrected chi connectivity index (χ0v) is 19.2. The maximum absolute atomic E-state index is 4.08. The van der Waals surface area contributed by atoms with Crippen LogP contribution in [0.2, 0.25) is 0 Å². The van der Waals surface area contributed by atoms with Gasteiger partial charge in [0.25, 0.3) is 0 Å². The van der Waals surface area contributed by atoms with Gasteiger partial charge in [0.15, 0.2) is 0 Å². The van der Waals surface area contributed by atoms with Crippen molar-refractivity contribution in [3.63, 3.8) is 0 Å². The van der Waals surface area contributed by atoms with Crippen molar-refractivity contribution in [2.24, 2.45) is 5.41 Å². The minimum absolute atomic E-state index is 0.123. The minimum atomic E-state index is -0.123. The van der Waals surface area contributed by atoms with Crippen molar-refractivity contribution in [1.29, 1.82) is 0 Å². The molecular formula is C29H34N2. The van der Waals surface area contributed by atoms with Crippen molar-refractivity contribution in [2.75, 3.05) is 5.01 Å². The summed E-state index contributed by atoms with van der Waals surface area (Å²) in [4.78, 5) is 0. The van der Waals surface area contributed by atoms with Gasteiger partial charge in [-0.15, -0.1) is 0 Å². The molecule has 2 aromatic carbocycles. The highest BCUT2D eigenvalue weighted by Crippen LogP contribution is 2.28. The first-order chi connectivity index (χ1) is 14.8. The topological polar surface area (TPSA) is 15.3 Å². The average molecular weight is 411 g/mol. The lowest BCUT2D eigenvalue weighted by atomic mass is 9.84. The van der Waals surface area contributed by atoms with E-state index in [4.69, 9.17) is 0 Å². The number of hydrogen-bond acceptors (Lipinski definition) is 2. The molecule has 2 rings (SSSR count). The van der Waals surface area contributed by atoms with Gasteiger partial charge in [0, 0.05) is 23.2 Å². The fourth-order valence-corrected chi connectivity index (χ4v) is 3.02. The fourth-order valence-electron chi connectivity index (χ4n) is 3.02. The Morgan fingerprint density at radius 3 is 2.39 bits per heavy atom. The molecule has 160 valence electrons. The van der Waals surface area contributed by atoms with Crippen LogP contribution in [-0.2, 0) is 0 Å². The Morgan fingerprint density at radius 1 is 0.968 bits per heavy atom. The van der Waals surface area contributed by atoms with Crippen molar-refractivity contribution in [3.8, 4) is 0 Å². The molecule has 0 saturated carbocycles. The molecule has 0 aromatic heterocycles. The lowest BCUT2D eigenvalue weighted by molar-refractivity contribution is 0.598. The van der Waals surface area contributed by atoms with Gasteiger partial charge in [-0.3, -0.25) is 5.01 Å². The third kappa shape index (κ3) is 6.48. The van der Waals surface area contributed by atoms with Crippen LogP contribution in [0.3, 0.4) is 0 Å². The number of rotatable bonds is 10. The van der Waals surface area contributed by atoms with E-state index in [9.17, 15) is 0 Å². The molecule has 2 aromatic rings. The van der Waals surface area contributed by atoms with Gasteiger partial charge in [-0.2, -0.15) is 0 Å². The number of hydrogen-bond donors (Lipinski definition) is 1. The predicted molar refractivity (Wildman–Crippen MR) is 139 cm³/mol. The van der Waals surface area contributed by atoms with Crippen molar-refractivity contribution < 1.29 is 0 Å². The van der Waals surface area contributed by atoms with E-state index in [0.717, 1.165) is 16.8 Å². The maximum atomic E-state index is 4.08. The van der Waals surface area contributed by atoms with Gasteiger partial charge in [-0.1, -0.05) is 100 Å². The first-order valence-corrected chi connectivity index (χ1v) is 10.5. The highest BCUT2D eigenvalue weighted by Gasteiger charge is 2.14. The predicted octanol–water partition coefficient (Wildman–Crippen LogP) is 8.03. The van der Waals surface area contributed by atoms with E-state index in [-0.39, 0.29) is 5.41 Å². The molecule has 0 bridgehead atoms. The number of allylic oxidation sites excluding steroid dienone is 9. The standard InChI is InChI=1S/C29H34N2/c1-8-10-21-30-31(28-19-13-17-26-16-11-12-18-27(26)28)22-24(4)23(3)15-14-20-29(6,7)25(5)9-2/h8-22,30H,1-2,5H2,3-4,6-7H3/b20-14+,21-10-,23-15+,24-22-. The largest absolute Gasteiger partial charge is 0.302 e. The van der Waals surface area contributed by atoms with E-state index in [1.165, 1.54) is 16.3 Å². The van der Waals surface area contributed by atoms with Gasteiger partial charge in [-0.25, -0.2) is 0 Å². The second-order valence-electron chi connectivity index (χ2n) is 8.06. The number of anilines is 1. The summed E-state index contributed by atoms with van der Waals surface area (Å²) in [5.74, 6) is 0. The Kier molecular flexibility index (Phi) is 8.45. The number of fused-ring (bicyclic) bond motifs is 1. The summed E-state index contributed by atoms with van der Waals surface area (Å²) >= 11 is 0. The molecule has 0 fully saturated rings. The van der Waals surface area contributed by atoms with E-state index >= 15 is 0 Å². The van der Waals surface area contributed by atoms with Crippen molar-refractivity contribution in [3.05, 3.63) is 128 Å². The van der Waals surface area contributed by atoms with E-state index in [2.05, 4.69) is 120 Å². The van der Waals surface area contributed by atoms with E-state index < -0.39 is 0 Å². The molecule has 0 atom stereocenters. The Hall–Kier alpha value is -3.52. The van der Waals surface area contributed by atoms with Crippen LogP contribution in [0.4, 0.5) is 5.69 Å². The molecule has 0 radical (unpaired) electrons. The molecule has 0 unspecified atom stereocenters. The fraction of sp³-hybridized carbons (Fsp3) is 0.172. The van der Waals surface area contributed by atoms with Crippen molar-refractivity contribution in [2.45, 2.75) is 27.7 Å². The molecule has 0 aliphatic carbocycles. The summed E-state index contributed by atoms with van der Waals surface area (Å²) < 4.78 is 0. The monoisotopic (exact) mass is 410 g/mol. The van der Waals surface area contributed by atoms with Crippen molar-refractivity contribution >= 4 is 16.5 Å². The SMILES string of the molecule is C=C/C=C\NN(\C=C(C)/C(C)=C/C=C/C(C)(C)C(=C)C=C)c1cccc2ccccc12. The third-order valence-electron chi connectivity index (χ3n) is 5.35. The number of benzene rings is 2. The smallest absolute Gasteiger partial charge is 0.0701 e. The van der Waals surface area contributed by atoms with Gasteiger partial charge in [-0.05, 0) is 48.1 Å². The first kappa shape index (κ1) is 23.8. The zero-order valence-electron chi connectivity index (χ0n) is 19.2. The summed E-state index contributed by atoms with van der Waals surface area (Å²) in [5.41, 5.74) is 7.64. The molecule has 0 saturated heterocycles. The molecular weight excluding hydrogens is 376 g/mol. The molecule has 0 spiro atoms. The molecule has 0 aliphatic rings. The maximum Gasteiger partial charge on any atom is 0.0701 e. The van der Waals surface area contributed by atoms with Crippen molar-refractivity contribution in [1.82, 2.24) is 5.43 Å². The van der Waals surface area contributed by atoms with Crippen LogP contribution in [0.1, 0.15) is 27.7 Å². The van der Waals surface area contributed by atoms with Gasteiger partial charge in [0.1, 0.15) is 0 Å². The quantitative estimate of drug-likeness (QED) is 0.315. The van der Waals surface area contributed by atoms with E-state index in [0.29, 0.717) is 0 Å². The molecule has 2 nitrogen and oxygen atoms in total. The van der Waals surface area contributed by atoms with E-state index in [1.807, 2.05) is 23.4 Å². The summed E-state index contributed by atoms with van der Waals surface area (Å²) in [6.45, 7) is 20.2. The van der Waals surface area contributed by atoms with Crippen LogP contribution >= 0.6 is 0 Å². The van der Waals surface area contributed by atoms with Gasteiger partial charge in [0.05, 0.1) is 5.69 Å². The number of nitrogens with one attached hydrogen (secondary N) is 1. The number of hydrazine groups is 1. The highest BCUT2D eigenvalue weighted by molar-refractivity contribution is 5.94. The normalized spacial score (nSPS) is 13.0. The molecule has 0 aliphatic heterocycles. The molecule has 2 heteroatoms. The summed E-state index contributed by atoms with van der Waals surface area (Å²) in [6, 6.07) is 14.7. The van der Waals surface area contributed by atoms with E-state index in [1.54, 1.807) is 6.08 Å². The third-order valence-corrected chi connectivity index (χ3v) is 5.35. The van der Waals surface area contributed by atoms with Crippen LogP contribution in [0.25, 0.3) is 10.8 Å². The Bertz CT molecular complexity index is 1060. The minimum Gasteiger partial charge on any atom is -0.302 e. The highest BCUT2D eigenvalue weighted by atomic mass is 15.5. The lowest BCUT2D eigenvalue weighted by Gasteiger charge is -2.23. The Morgan fingerprint density at radius 2 is 1.68 bits per heavy atom. The Labute approximate surface area is 187 Å². The molecule has 0 amide bonds. The Balaban J connectivity index is 2.38.